The Kier molecular flexibility index (Phi) is 7.23. The van der Waals surface area contributed by atoms with Crippen LogP contribution in [-0.2, 0) is 4.74 Å². The quantitative estimate of drug-likeness (QED) is 0.311. The number of rotatable bonds is 4. The van der Waals surface area contributed by atoms with Crippen molar-refractivity contribution in [3.8, 4) is 0 Å². The number of hydrogen-bond donors (Lipinski definition) is 2. The Balaban J connectivity index is 1.60. The van der Waals surface area contributed by atoms with Crippen LogP contribution in [-0.4, -0.2) is 51.2 Å². The number of aliphatic imine (C=N–C) groups is 1. The third kappa shape index (κ3) is 6.05. The van der Waals surface area contributed by atoms with Crippen LogP contribution in [0.25, 0.3) is 5.52 Å². The Morgan fingerprint density at radius 1 is 1.31 bits per heavy atom. The number of benzene rings is 1. The molecule has 0 radical (unpaired) electrons. The zero-order valence-corrected chi connectivity index (χ0v) is 22.0. The van der Waals surface area contributed by atoms with E-state index in [9.17, 15) is 9.18 Å². The SMILES string of the molecule is CC(C)(C)OC(=O)N1CCC(Nc2c(/C(N)=N/c3cc(F)ccc3Cl)cnn3cc(Br)cc23)CC1. The molecule has 3 heterocycles. The second-order valence-electron chi connectivity index (χ2n) is 9.40. The Morgan fingerprint density at radius 2 is 2.03 bits per heavy atom. The predicted octanol–water partition coefficient (Wildman–Crippen LogP) is 5.74. The van der Waals surface area contributed by atoms with Gasteiger partial charge in [-0.3, -0.25) is 0 Å². The van der Waals surface area contributed by atoms with E-state index in [0.29, 0.717) is 18.7 Å². The van der Waals surface area contributed by atoms with E-state index >= 15 is 0 Å². The molecule has 1 aromatic carbocycles. The lowest BCUT2D eigenvalue weighted by Gasteiger charge is -2.34. The van der Waals surface area contributed by atoms with Crippen molar-refractivity contribution in [1.82, 2.24) is 14.5 Å². The van der Waals surface area contributed by atoms with Gasteiger partial charge >= 0.3 is 6.09 Å². The van der Waals surface area contributed by atoms with Gasteiger partial charge in [0.2, 0.25) is 0 Å². The second-order valence-corrected chi connectivity index (χ2v) is 10.7. The summed E-state index contributed by atoms with van der Waals surface area (Å²) in [7, 11) is 0. The van der Waals surface area contributed by atoms with Crippen LogP contribution in [0.3, 0.4) is 0 Å². The second kappa shape index (κ2) is 10.0. The van der Waals surface area contributed by atoms with Gasteiger partial charge < -0.3 is 20.7 Å². The van der Waals surface area contributed by atoms with Crippen LogP contribution < -0.4 is 11.1 Å². The lowest BCUT2D eigenvalue weighted by molar-refractivity contribution is 0.0210. The Morgan fingerprint density at radius 3 is 2.71 bits per heavy atom. The van der Waals surface area contributed by atoms with E-state index in [4.69, 9.17) is 22.1 Å². The summed E-state index contributed by atoms with van der Waals surface area (Å²) in [6.45, 7) is 6.70. The molecule has 0 aliphatic carbocycles. The first-order valence-electron chi connectivity index (χ1n) is 11.2. The van der Waals surface area contributed by atoms with E-state index in [1.807, 2.05) is 33.0 Å². The Labute approximate surface area is 216 Å². The average Bonchev–Trinajstić information content (AvgIpc) is 3.16. The Bertz CT molecular complexity index is 1280. The van der Waals surface area contributed by atoms with E-state index in [1.165, 1.54) is 18.2 Å². The number of amidine groups is 1. The molecule has 186 valence electrons. The number of likely N-dealkylation sites (tertiary alicyclic amines) is 1. The molecular formula is C24H27BrClFN6O2. The fourth-order valence-electron chi connectivity index (χ4n) is 3.87. The van der Waals surface area contributed by atoms with Gasteiger partial charge in [-0.1, -0.05) is 11.6 Å². The zero-order valence-electron chi connectivity index (χ0n) is 19.7. The minimum atomic E-state index is -0.534. The van der Waals surface area contributed by atoms with Crippen LogP contribution in [0.4, 0.5) is 20.6 Å². The number of nitrogens with two attached hydrogens (primary N) is 1. The molecule has 1 fully saturated rings. The number of ether oxygens (including phenoxy) is 1. The van der Waals surface area contributed by atoms with Crippen molar-refractivity contribution in [3.05, 3.63) is 57.5 Å². The summed E-state index contributed by atoms with van der Waals surface area (Å²) in [6, 6.07) is 5.94. The molecule has 1 aliphatic rings. The summed E-state index contributed by atoms with van der Waals surface area (Å²) >= 11 is 9.68. The highest BCUT2D eigenvalue weighted by Gasteiger charge is 2.28. The molecule has 1 saturated heterocycles. The van der Waals surface area contributed by atoms with Crippen molar-refractivity contribution in [2.24, 2.45) is 10.7 Å². The highest BCUT2D eigenvalue weighted by Crippen LogP contribution is 2.30. The zero-order chi connectivity index (χ0) is 25.3. The molecule has 1 aliphatic heterocycles. The molecule has 0 spiro atoms. The van der Waals surface area contributed by atoms with Crippen molar-refractivity contribution in [2.45, 2.75) is 45.3 Å². The molecule has 0 atom stereocenters. The van der Waals surface area contributed by atoms with Crippen molar-refractivity contribution in [3.63, 3.8) is 0 Å². The number of nitrogens with one attached hydrogen (secondary N) is 1. The van der Waals surface area contributed by atoms with Gasteiger partial charge in [0.1, 0.15) is 17.3 Å². The number of piperidine rings is 1. The van der Waals surface area contributed by atoms with Crippen LogP contribution in [0.5, 0.6) is 0 Å². The third-order valence-electron chi connectivity index (χ3n) is 5.52. The first-order valence-corrected chi connectivity index (χ1v) is 12.4. The fourth-order valence-corrected chi connectivity index (χ4v) is 4.44. The molecule has 2 aromatic heterocycles. The van der Waals surface area contributed by atoms with Crippen molar-refractivity contribution >= 4 is 56.4 Å². The minimum absolute atomic E-state index is 0.0814. The maximum Gasteiger partial charge on any atom is 0.410 e. The first kappa shape index (κ1) is 25.2. The number of nitrogens with zero attached hydrogens (tertiary/aromatic N) is 4. The predicted molar refractivity (Wildman–Crippen MR) is 139 cm³/mol. The molecule has 8 nitrogen and oxygen atoms in total. The first-order chi connectivity index (χ1) is 16.5. The summed E-state index contributed by atoms with van der Waals surface area (Å²) in [6.07, 6.45) is 4.60. The van der Waals surface area contributed by atoms with E-state index in [2.05, 4.69) is 31.3 Å². The smallest absolute Gasteiger partial charge is 0.410 e. The van der Waals surface area contributed by atoms with Gasteiger partial charge in [-0.15, -0.1) is 0 Å². The molecule has 4 rings (SSSR count). The van der Waals surface area contributed by atoms with E-state index in [1.54, 1.807) is 15.6 Å². The number of anilines is 1. The van der Waals surface area contributed by atoms with Crippen LogP contribution in [0, 0.1) is 5.82 Å². The van der Waals surface area contributed by atoms with Crippen molar-refractivity contribution < 1.29 is 13.9 Å². The van der Waals surface area contributed by atoms with Gasteiger partial charge in [0.15, 0.2) is 0 Å². The van der Waals surface area contributed by atoms with Crippen LogP contribution >= 0.6 is 27.5 Å². The highest BCUT2D eigenvalue weighted by molar-refractivity contribution is 9.10. The van der Waals surface area contributed by atoms with Gasteiger partial charge in [-0.2, -0.15) is 5.10 Å². The lowest BCUT2D eigenvalue weighted by Crippen LogP contribution is -2.44. The standard InChI is InChI=1S/C24H27BrClFN6O2/c1-24(2,3)35-23(34)32-8-6-16(7-9-32)30-21-17(12-29-33-13-14(25)10-20(21)33)22(28)31-19-11-15(27)4-5-18(19)26/h4-5,10-13,16,30H,6-9H2,1-3H3,(H2,28,31). The molecule has 3 aromatic rings. The third-order valence-corrected chi connectivity index (χ3v) is 6.28. The lowest BCUT2D eigenvalue weighted by atomic mass is 10.0. The number of carbonyl (C=O) groups is 1. The number of fused-ring (bicyclic) bond motifs is 1. The van der Waals surface area contributed by atoms with Crippen LogP contribution in [0.2, 0.25) is 5.02 Å². The molecule has 11 heteroatoms. The average molecular weight is 566 g/mol. The molecule has 0 bridgehead atoms. The number of amides is 1. The number of hydrogen-bond acceptors (Lipinski definition) is 5. The molecule has 3 N–H and O–H groups in total. The largest absolute Gasteiger partial charge is 0.444 e. The highest BCUT2D eigenvalue weighted by atomic mass is 79.9. The van der Waals surface area contributed by atoms with Gasteiger partial charge in [-0.25, -0.2) is 18.7 Å². The van der Waals surface area contributed by atoms with Crippen LogP contribution in [0.15, 0.2) is 46.1 Å². The monoisotopic (exact) mass is 564 g/mol. The summed E-state index contributed by atoms with van der Waals surface area (Å²) < 4.78 is 21.8. The van der Waals surface area contributed by atoms with Gasteiger partial charge in [0.25, 0.3) is 0 Å². The van der Waals surface area contributed by atoms with Crippen molar-refractivity contribution in [2.75, 3.05) is 18.4 Å². The van der Waals surface area contributed by atoms with Gasteiger partial charge in [0, 0.05) is 35.9 Å². The maximum absolute atomic E-state index is 13.7. The minimum Gasteiger partial charge on any atom is -0.444 e. The molecule has 35 heavy (non-hydrogen) atoms. The van der Waals surface area contributed by atoms with Crippen molar-refractivity contribution in [1.29, 1.82) is 0 Å². The van der Waals surface area contributed by atoms with Gasteiger partial charge in [0.05, 0.1) is 33.7 Å². The molecule has 0 saturated carbocycles. The molecule has 0 unspecified atom stereocenters. The van der Waals surface area contributed by atoms with Crippen LogP contribution in [0.1, 0.15) is 39.2 Å². The van der Waals surface area contributed by atoms with E-state index in [-0.39, 0.29) is 28.7 Å². The fraction of sp³-hybridized carbons (Fsp3) is 0.375. The topological polar surface area (TPSA) is 97.2 Å². The Hall–Kier alpha value is -2.85. The van der Waals surface area contributed by atoms with Gasteiger partial charge in [-0.05, 0) is 67.7 Å². The summed E-state index contributed by atoms with van der Waals surface area (Å²) in [5.41, 5.74) is 8.18. The van der Waals surface area contributed by atoms with E-state index in [0.717, 1.165) is 28.5 Å². The summed E-state index contributed by atoms with van der Waals surface area (Å²) in [4.78, 5) is 18.5. The molecule has 1 amide bonds. The summed E-state index contributed by atoms with van der Waals surface area (Å²) in [5, 5.41) is 8.30. The van der Waals surface area contributed by atoms with E-state index < -0.39 is 11.4 Å². The molecular weight excluding hydrogens is 539 g/mol. The number of carbonyl (C=O) groups excluding carboxylic acids is 1. The number of aromatic nitrogens is 2. The maximum atomic E-state index is 13.7. The number of halogens is 3. The normalized spacial score (nSPS) is 15.5. The summed E-state index contributed by atoms with van der Waals surface area (Å²) in [5.74, 6) is -0.307.